The van der Waals surface area contributed by atoms with Crippen LogP contribution in [0.2, 0.25) is 0 Å². The number of hydrogen-bond donors (Lipinski definition) is 1. The number of benzene rings is 1. The molecule has 1 aromatic heterocycles. The Bertz CT molecular complexity index is 713. The molecule has 2 aromatic rings. The molecule has 1 aromatic carbocycles. The molecule has 1 atom stereocenters. The molecule has 2 heterocycles. The van der Waals surface area contributed by atoms with Gasteiger partial charge in [0.25, 0.3) is 5.91 Å². The van der Waals surface area contributed by atoms with E-state index in [1.807, 2.05) is 23.1 Å². The van der Waals surface area contributed by atoms with E-state index >= 15 is 0 Å². The van der Waals surface area contributed by atoms with Crippen molar-refractivity contribution in [1.29, 1.82) is 0 Å². The van der Waals surface area contributed by atoms with Gasteiger partial charge in [-0.3, -0.25) is 4.79 Å². The summed E-state index contributed by atoms with van der Waals surface area (Å²) in [4.78, 5) is 29.3. The van der Waals surface area contributed by atoms with Gasteiger partial charge in [0.1, 0.15) is 5.69 Å². The van der Waals surface area contributed by atoms with Gasteiger partial charge in [-0.1, -0.05) is 30.3 Å². The van der Waals surface area contributed by atoms with E-state index in [0.717, 1.165) is 32.2 Å². The van der Waals surface area contributed by atoms with Gasteiger partial charge in [0.05, 0.1) is 5.56 Å². The first-order valence-electron chi connectivity index (χ1n) is 8.19. The standard InChI is InChI=1S/C19H20N2O3/c22-18(15-9-11-17(19(23)24)20-13-15)21-12-4-7-16(21)10-8-14-5-2-1-3-6-14/h1-3,5-6,9,11,13,16H,4,7-8,10,12H2,(H,23,24)/t16-/m1/s1. The molecular formula is C19H20N2O3. The van der Waals surface area contributed by atoms with Gasteiger partial charge in [-0.05, 0) is 43.4 Å². The molecule has 0 saturated carbocycles. The molecule has 0 spiro atoms. The van der Waals surface area contributed by atoms with E-state index in [0.29, 0.717) is 5.56 Å². The Kier molecular flexibility index (Phi) is 4.89. The van der Waals surface area contributed by atoms with Crippen LogP contribution in [0.25, 0.3) is 0 Å². The SMILES string of the molecule is O=C(O)c1ccc(C(=O)N2CCC[C@@H]2CCc2ccccc2)cn1. The van der Waals surface area contributed by atoms with Crippen molar-refractivity contribution in [3.8, 4) is 0 Å². The van der Waals surface area contributed by atoms with Gasteiger partial charge < -0.3 is 10.0 Å². The number of nitrogens with zero attached hydrogens (tertiary/aromatic N) is 2. The monoisotopic (exact) mass is 324 g/mol. The molecule has 0 bridgehead atoms. The molecule has 0 radical (unpaired) electrons. The average molecular weight is 324 g/mol. The van der Waals surface area contributed by atoms with Crippen LogP contribution in [-0.2, 0) is 6.42 Å². The van der Waals surface area contributed by atoms with Crippen LogP contribution in [-0.4, -0.2) is 39.5 Å². The molecule has 5 nitrogen and oxygen atoms in total. The molecule has 1 saturated heterocycles. The fourth-order valence-corrected chi connectivity index (χ4v) is 3.19. The van der Waals surface area contributed by atoms with Gasteiger partial charge in [-0.2, -0.15) is 0 Å². The third-order valence-corrected chi connectivity index (χ3v) is 4.48. The minimum absolute atomic E-state index is 0.0476. The third kappa shape index (κ3) is 3.62. The highest BCUT2D eigenvalue weighted by Gasteiger charge is 2.29. The first-order chi connectivity index (χ1) is 11.6. The zero-order valence-electron chi connectivity index (χ0n) is 13.4. The second kappa shape index (κ2) is 7.25. The number of aryl methyl sites for hydroxylation is 1. The lowest BCUT2D eigenvalue weighted by molar-refractivity contribution is 0.0685. The lowest BCUT2D eigenvalue weighted by Crippen LogP contribution is -2.35. The van der Waals surface area contributed by atoms with Crippen LogP contribution in [0.3, 0.4) is 0 Å². The zero-order valence-corrected chi connectivity index (χ0v) is 13.4. The van der Waals surface area contributed by atoms with E-state index in [2.05, 4.69) is 17.1 Å². The Hall–Kier alpha value is -2.69. The second-order valence-electron chi connectivity index (χ2n) is 6.06. The summed E-state index contributed by atoms with van der Waals surface area (Å²) in [6, 6.07) is 13.4. The minimum atomic E-state index is -1.09. The number of rotatable bonds is 5. The van der Waals surface area contributed by atoms with Crippen molar-refractivity contribution in [3.63, 3.8) is 0 Å². The Morgan fingerprint density at radius 1 is 1.17 bits per heavy atom. The highest BCUT2D eigenvalue weighted by atomic mass is 16.4. The van der Waals surface area contributed by atoms with Gasteiger partial charge >= 0.3 is 5.97 Å². The van der Waals surface area contributed by atoms with E-state index in [1.165, 1.54) is 17.8 Å². The molecule has 1 aliphatic heterocycles. The summed E-state index contributed by atoms with van der Waals surface area (Å²) in [6.45, 7) is 0.749. The summed E-state index contributed by atoms with van der Waals surface area (Å²) in [5.41, 5.74) is 1.68. The Morgan fingerprint density at radius 3 is 2.62 bits per heavy atom. The molecule has 1 aliphatic rings. The number of carbonyl (C=O) groups is 2. The molecule has 124 valence electrons. The van der Waals surface area contributed by atoms with E-state index in [9.17, 15) is 9.59 Å². The van der Waals surface area contributed by atoms with E-state index in [1.54, 1.807) is 6.07 Å². The third-order valence-electron chi connectivity index (χ3n) is 4.48. The van der Waals surface area contributed by atoms with Gasteiger partial charge in [-0.25, -0.2) is 9.78 Å². The quantitative estimate of drug-likeness (QED) is 0.918. The second-order valence-corrected chi connectivity index (χ2v) is 6.06. The van der Waals surface area contributed by atoms with Crippen LogP contribution >= 0.6 is 0 Å². The van der Waals surface area contributed by atoms with E-state index in [-0.39, 0.29) is 17.6 Å². The van der Waals surface area contributed by atoms with Crippen molar-refractivity contribution in [3.05, 3.63) is 65.5 Å². The lowest BCUT2D eigenvalue weighted by Gasteiger charge is -2.25. The molecule has 0 aliphatic carbocycles. The number of carboxylic acids is 1. The van der Waals surface area contributed by atoms with Crippen molar-refractivity contribution in [1.82, 2.24) is 9.88 Å². The molecule has 1 amide bonds. The fraction of sp³-hybridized carbons (Fsp3) is 0.316. The maximum absolute atomic E-state index is 12.7. The lowest BCUT2D eigenvalue weighted by atomic mass is 10.0. The topological polar surface area (TPSA) is 70.5 Å². The fourth-order valence-electron chi connectivity index (χ4n) is 3.19. The smallest absolute Gasteiger partial charge is 0.354 e. The molecule has 0 unspecified atom stereocenters. The predicted molar refractivity (Wildman–Crippen MR) is 90.0 cm³/mol. The van der Waals surface area contributed by atoms with Crippen molar-refractivity contribution in [2.24, 2.45) is 0 Å². The highest BCUT2D eigenvalue weighted by molar-refractivity contribution is 5.95. The minimum Gasteiger partial charge on any atom is -0.477 e. The molecule has 24 heavy (non-hydrogen) atoms. The Balaban J connectivity index is 1.65. The molecule has 3 rings (SSSR count). The Labute approximate surface area is 140 Å². The highest BCUT2D eigenvalue weighted by Crippen LogP contribution is 2.24. The van der Waals surface area contributed by atoms with Crippen LogP contribution in [0, 0.1) is 0 Å². The van der Waals surface area contributed by atoms with Crippen LogP contribution in [0.1, 0.15) is 45.7 Å². The summed E-state index contributed by atoms with van der Waals surface area (Å²) in [5, 5.41) is 8.89. The van der Waals surface area contributed by atoms with Gasteiger partial charge in [0.2, 0.25) is 0 Å². The number of likely N-dealkylation sites (tertiary alicyclic amines) is 1. The molecular weight excluding hydrogens is 304 g/mol. The largest absolute Gasteiger partial charge is 0.477 e. The van der Waals surface area contributed by atoms with Crippen molar-refractivity contribution in [2.75, 3.05) is 6.54 Å². The number of pyridine rings is 1. The maximum Gasteiger partial charge on any atom is 0.354 e. The van der Waals surface area contributed by atoms with Gasteiger partial charge in [0.15, 0.2) is 0 Å². The summed E-state index contributed by atoms with van der Waals surface area (Å²) in [5.74, 6) is -1.15. The summed E-state index contributed by atoms with van der Waals surface area (Å²) in [6.07, 6.45) is 5.27. The van der Waals surface area contributed by atoms with Crippen LogP contribution in [0.4, 0.5) is 0 Å². The van der Waals surface area contributed by atoms with Crippen molar-refractivity contribution in [2.45, 2.75) is 31.7 Å². The average Bonchev–Trinajstić information content (AvgIpc) is 3.09. The van der Waals surface area contributed by atoms with Crippen molar-refractivity contribution < 1.29 is 14.7 Å². The van der Waals surface area contributed by atoms with Crippen LogP contribution in [0.15, 0.2) is 48.7 Å². The summed E-state index contributed by atoms with van der Waals surface area (Å²) < 4.78 is 0. The van der Waals surface area contributed by atoms with E-state index < -0.39 is 5.97 Å². The summed E-state index contributed by atoms with van der Waals surface area (Å²) in [7, 11) is 0. The number of hydrogen-bond acceptors (Lipinski definition) is 3. The number of aromatic nitrogens is 1. The van der Waals surface area contributed by atoms with Crippen LogP contribution < -0.4 is 0 Å². The first kappa shape index (κ1) is 16.2. The number of carbonyl (C=O) groups excluding carboxylic acids is 1. The maximum atomic E-state index is 12.7. The normalized spacial score (nSPS) is 17.0. The molecule has 1 fully saturated rings. The number of carboxylic acid groups (broad SMARTS) is 1. The number of amides is 1. The zero-order chi connectivity index (χ0) is 16.9. The van der Waals surface area contributed by atoms with Gasteiger partial charge in [-0.15, -0.1) is 0 Å². The number of aromatic carboxylic acids is 1. The van der Waals surface area contributed by atoms with Crippen LogP contribution in [0.5, 0.6) is 0 Å². The van der Waals surface area contributed by atoms with Crippen molar-refractivity contribution >= 4 is 11.9 Å². The molecule has 1 N–H and O–H groups in total. The first-order valence-corrected chi connectivity index (χ1v) is 8.19. The summed E-state index contributed by atoms with van der Waals surface area (Å²) >= 11 is 0. The predicted octanol–water partition coefficient (Wildman–Crippen LogP) is 3.02. The van der Waals surface area contributed by atoms with Gasteiger partial charge in [0, 0.05) is 18.8 Å². The van der Waals surface area contributed by atoms with E-state index in [4.69, 9.17) is 5.11 Å². The Morgan fingerprint density at radius 2 is 1.96 bits per heavy atom. The molecule has 5 heteroatoms.